The van der Waals surface area contributed by atoms with E-state index in [9.17, 15) is 9.59 Å². The van der Waals surface area contributed by atoms with Gasteiger partial charge in [-0.15, -0.1) is 11.3 Å². The molecule has 1 rings (SSSR count). The average molecular weight is 300 g/mol. The van der Waals surface area contributed by atoms with Gasteiger partial charge >= 0.3 is 12.0 Å². The average Bonchev–Trinajstić information content (AvgIpc) is 2.88. The van der Waals surface area contributed by atoms with Crippen molar-refractivity contribution in [2.45, 2.75) is 19.4 Å². The number of aromatic carboxylic acids is 1. The molecule has 0 spiro atoms. The number of urea groups is 1. The molecule has 0 saturated heterocycles. The number of carboxylic acid groups (broad SMARTS) is 1. The highest BCUT2D eigenvalue weighted by Crippen LogP contribution is 2.18. The largest absolute Gasteiger partial charge is 0.476 e. The van der Waals surface area contributed by atoms with Crippen LogP contribution in [0.25, 0.3) is 0 Å². The van der Waals surface area contributed by atoms with Gasteiger partial charge in [0.1, 0.15) is 5.01 Å². The van der Waals surface area contributed by atoms with E-state index >= 15 is 0 Å². The third-order valence-corrected chi connectivity index (χ3v) is 3.75. The minimum atomic E-state index is -1.06. The van der Waals surface area contributed by atoms with E-state index in [4.69, 9.17) is 5.11 Å². The molecule has 0 saturated carbocycles. The van der Waals surface area contributed by atoms with Gasteiger partial charge in [0.2, 0.25) is 0 Å². The van der Waals surface area contributed by atoms with E-state index < -0.39 is 5.97 Å². The highest BCUT2D eigenvalue weighted by Gasteiger charge is 2.17. The summed E-state index contributed by atoms with van der Waals surface area (Å²) in [6, 6.07) is -0.506. The standard InChI is InChI=1S/C12H20N4O3S/c1-8(10-15-9(7-20-10)11(17)18)14-12(19)16(3)6-4-5-13-2/h7-8,13H,4-6H2,1-3H3,(H,14,19)(H,17,18). The number of thiazole rings is 1. The molecule has 0 aliphatic heterocycles. The predicted octanol–water partition coefficient (Wildman–Crippen LogP) is 1.15. The fourth-order valence-corrected chi connectivity index (χ4v) is 2.34. The molecule has 0 fully saturated rings. The van der Waals surface area contributed by atoms with Crippen molar-refractivity contribution in [1.29, 1.82) is 0 Å². The van der Waals surface area contributed by atoms with Crippen molar-refractivity contribution in [3.05, 3.63) is 16.1 Å². The minimum Gasteiger partial charge on any atom is -0.476 e. The maximum Gasteiger partial charge on any atom is 0.355 e. The maximum atomic E-state index is 11.9. The normalized spacial score (nSPS) is 11.9. The quantitative estimate of drug-likeness (QED) is 0.657. The van der Waals surface area contributed by atoms with Crippen molar-refractivity contribution in [1.82, 2.24) is 20.5 Å². The third-order valence-electron chi connectivity index (χ3n) is 2.72. The summed E-state index contributed by atoms with van der Waals surface area (Å²) in [5, 5.41) is 16.7. The molecule has 112 valence electrons. The minimum absolute atomic E-state index is 0.00785. The molecule has 20 heavy (non-hydrogen) atoms. The van der Waals surface area contributed by atoms with E-state index in [0.717, 1.165) is 13.0 Å². The van der Waals surface area contributed by atoms with E-state index in [1.54, 1.807) is 18.9 Å². The molecule has 1 unspecified atom stereocenters. The number of carbonyl (C=O) groups excluding carboxylic acids is 1. The van der Waals surface area contributed by atoms with Gasteiger partial charge in [0.15, 0.2) is 5.69 Å². The zero-order valence-electron chi connectivity index (χ0n) is 11.8. The van der Waals surface area contributed by atoms with Crippen LogP contribution in [0.1, 0.15) is 34.9 Å². The van der Waals surface area contributed by atoms with Gasteiger partial charge in [-0.1, -0.05) is 0 Å². The lowest BCUT2D eigenvalue weighted by molar-refractivity contribution is 0.0691. The molecule has 1 heterocycles. The van der Waals surface area contributed by atoms with Crippen LogP contribution in [0.5, 0.6) is 0 Å². The first-order valence-corrected chi connectivity index (χ1v) is 7.18. The monoisotopic (exact) mass is 300 g/mol. The topological polar surface area (TPSA) is 94.6 Å². The molecule has 0 aliphatic carbocycles. The molecule has 7 nitrogen and oxygen atoms in total. The van der Waals surface area contributed by atoms with Crippen LogP contribution in [0.15, 0.2) is 5.38 Å². The molecule has 2 amide bonds. The Hall–Kier alpha value is -1.67. The second kappa shape index (κ2) is 7.81. The summed E-state index contributed by atoms with van der Waals surface area (Å²) in [4.78, 5) is 28.2. The Morgan fingerprint density at radius 2 is 2.25 bits per heavy atom. The van der Waals surface area contributed by atoms with Crippen molar-refractivity contribution in [3.63, 3.8) is 0 Å². The lowest BCUT2D eigenvalue weighted by Crippen LogP contribution is -2.39. The smallest absolute Gasteiger partial charge is 0.355 e. The predicted molar refractivity (Wildman–Crippen MR) is 77.2 cm³/mol. The molecule has 3 N–H and O–H groups in total. The number of nitrogens with zero attached hydrogens (tertiary/aromatic N) is 2. The van der Waals surface area contributed by atoms with Crippen LogP contribution in [0.3, 0.4) is 0 Å². The molecular formula is C12H20N4O3S. The molecule has 0 bridgehead atoms. The van der Waals surface area contributed by atoms with Crippen LogP contribution in [0.4, 0.5) is 4.79 Å². The van der Waals surface area contributed by atoms with Gasteiger partial charge in [-0.05, 0) is 26.9 Å². The number of amides is 2. The second-order valence-electron chi connectivity index (χ2n) is 4.43. The van der Waals surface area contributed by atoms with E-state index in [1.165, 1.54) is 16.7 Å². The van der Waals surface area contributed by atoms with Gasteiger partial charge in [0, 0.05) is 19.0 Å². The lowest BCUT2D eigenvalue weighted by atomic mass is 10.3. The Morgan fingerprint density at radius 1 is 1.55 bits per heavy atom. The van der Waals surface area contributed by atoms with E-state index in [1.807, 2.05) is 7.05 Å². The highest BCUT2D eigenvalue weighted by molar-refractivity contribution is 7.09. The Labute approximate surface area is 122 Å². The van der Waals surface area contributed by atoms with Gasteiger partial charge in [-0.2, -0.15) is 0 Å². The third kappa shape index (κ3) is 4.78. The molecule has 1 atom stereocenters. The van der Waals surface area contributed by atoms with Crippen LogP contribution in [-0.2, 0) is 0 Å². The van der Waals surface area contributed by atoms with Crippen LogP contribution in [0.2, 0.25) is 0 Å². The Kier molecular flexibility index (Phi) is 6.40. The number of aromatic nitrogens is 1. The Balaban J connectivity index is 2.49. The summed E-state index contributed by atoms with van der Waals surface area (Å²) in [5.41, 5.74) is 0.00785. The second-order valence-corrected chi connectivity index (χ2v) is 5.32. The Bertz CT molecular complexity index is 463. The van der Waals surface area contributed by atoms with Crippen molar-refractivity contribution < 1.29 is 14.7 Å². The van der Waals surface area contributed by atoms with Crippen molar-refractivity contribution in [2.24, 2.45) is 0 Å². The highest BCUT2D eigenvalue weighted by atomic mass is 32.1. The number of rotatable bonds is 7. The van der Waals surface area contributed by atoms with Crippen molar-refractivity contribution in [2.75, 3.05) is 27.2 Å². The summed E-state index contributed by atoms with van der Waals surface area (Å²) in [7, 11) is 3.59. The van der Waals surface area contributed by atoms with Gasteiger partial charge in [0.05, 0.1) is 6.04 Å². The maximum absolute atomic E-state index is 11.9. The van der Waals surface area contributed by atoms with Crippen LogP contribution in [-0.4, -0.2) is 54.2 Å². The first-order chi connectivity index (χ1) is 9.45. The summed E-state index contributed by atoms with van der Waals surface area (Å²) in [6.45, 7) is 3.28. The van der Waals surface area contributed by atoms with Crippen molar-refractivity contribution >= 4 is 23.3 Å². The number of hydrogen-bond acceptors (Lipinski definition) is 5. The number of carbonyl (C=O) groups is 2. The molecule has 0 aliphatic rings. The van der Waals surface area contributed by atoms with E-state index in [-0.39, 0.29) is 17.8 Å². The van der Waals surface area contributed by atoms with Gasteiger partial charge in [-0.3, -0.25) is 0 Å². The summed E-state index contributed by atoms with van der Waals surface area (Å²) in [6.07, 6.45) is 0.870. The van der Waals surface area contributed by atoms with Gasteiger partial charge < -0.3 is 20.6 Å². The fourth-order valence-electron chi connectivity index (χ4n) is 1.54. The lowest BCUT2D eigenvalue weighted by Gasteiger charge is -2.20. The zero-order chi connectivity index (χ0) is 15.1. The van der Waals surface area contributed by atoms with E-state index in [2.05, 4.69) is 15.6 Å². The summed E-state index contributed by atoms with van der Waals surface area (Å²) < 4.78 is 0. The molecule has 8 heteroatoms. The van der Waals surface area contributed by atoms with Crippen LogP contribution in [0, 0.1) is 0 Å². The van der Waals surface area contributed by atoms with Gasteiger partial charge in [0.25, 0.3) is 0 Å². The first-order valence-electron chi connectivity index (χ1n) is 6.30. The molecule has 1 aromatic heterocycles. The zero-order valence-corrected chi connectivity index (χ0v) is 12.7. The summed E-state index contributed by atoms with van der Waals surface area (Å²) in [5.74, 6) is -1.06. The van der Waals surface area contributed by atoms with Crippen LogP contribution < -0.4 is 10.6 Å². The number of nitrogens with one attached hydrogen (secondary N) is 2. The number of hydrogen-bond donors (Lipinski definition) is 3. The molecular weight excluding hydrogens is 280 g/mol. The number of carboxylic acids is 1. The van der Waals surface area contributed by atoms with Crippen LogP contribution >= 0.6 is 11.3 Å². The SMILES string of the molecule is CNCCCN(C)C(=O)NC(C)c1nc(C(=O)O)cs1. The molecule has 0 aromatic carbocycles. The van der Waals surface area contributed by atoms with Gasteiger partial charge in [-0.25, -0.2) is 14.6 Å². The van der Waals surface area contributed by atoms with E-state index in [0.29, 0.717) is 11.6 Å². The first kappa shape index (κ1) is 16.4. The Morgan fingerprint density at radius 3 is 2.80 bits per heavy atom. The van der Waals surface area contributed by atoms with Crippen molar-refractivity contribution in [3.8, 4) is 0 Å². The molecule has 0 radical (unpaired) electrons. The fraction of sp³-hybridized carbons (Fsp3) is 0.583. The summed E-state index contributed by atoms with van der Waals surface area (Å²) >= 11 is 1.23. The molecule has 1 aromatic rings.